The standard InChI is InChI=1S/C11H7F2N3O2/c12-8-3-7-11(18)14-10-6(16(7)15-8)2-1-5(4-17)9(10)13/h1-3,17H,4H2,(H,14,18). The highest BCUT2D eigenvalue weighted by Gasteiger charge is 2.13. The molecular formula is C11H7F2N3O2. The quantitative estimate of drug-likeness (QED) is 0.676. The number of aromatic amines is 1. The second-order valence-electron chi connectivity index (χ2n) is 3.81. The zero-order chi connectivity index (χ0) is 12.9. The Morgan fingerprint density at radius 2 is 2.11 bits per heavy atom. The first-order chi connectivity index (χ1) is 8.61. The molecule has 0 unspecified atom stereocenters. The molecule has 0 aliphatic carbocycles. The number of aliphatic hydroxyl groups is 1. The van der Waals surface area contributed by atoms with Gasteiger partial charge in [0.15, 0.2) is 5.82 Å². The fourth-order valence-corrected chi connectivity index (χ4v) is 1.90. The van der Waals surface area contributed by atoms with Crippen molar-refractivity contribution in [1.82, 2.24) is 14.6 Å². The van der Waals surface area contributed by atoms with Crippen LogP contribution in [0, 0.1) is 11.8 Å². The lowest BCUT2D eigenvalue weighted by atomic mass is 10.2. The molecule has 5 nitrogen and oxygen atoms in total. The number of benzene rings is 1. The van der Waals surface area contributed by atoms with Crippen molar-refractivity contribution in [3.8, 4) is 0 Å². The lowest BCUT2D eigenvalue weighted by Crippen LogP contribution is -2.12. The lowest BCUT2D eigenvalue weighted by molar-refractivity contribution is 0.276. The normalized spacial score (nSPS) is 11.5. The Labute approximate surface area is 98.3 Å². The van der Waals surface area contributed by atoms with Gasteiger partial charge in [-0.3, -0.25) is 4.79 Å². The summed E-state index contributed by atoms with van der Waals surface area (Å²) < 4.78 is 28.0. The van der Waals surface area contributed by atoms with Crippen LogP contribution < -0.4 is 5.56 Å². The first kappa shape index (κ1) is 10.8. The number of fused-ring (bicyclic) bond motifs is 3. The molecule has 0 fully saturated rings. The Morgan fingerprint density at radius 1 is 1.33 bits per heavy atom. The number of aliphatic hydroxyl groups excluding tert-OH is 1. The summed E-state index contributed by atoms with van der Waals surface area (Å²) in [6, 6.07) is 3.78. The number of H-pyrrole nitrogens is 1. The first-order valence-corrected chi connectivity index (χ1v) is 5.11. The summed E-state index contributed by atoms with van der Waals surface area (Å²) in [7, 11) is 0. The minimum Gasteiger partial charge on any atom is -0.392 e. The topological polar surface area (TPSA) is 70.4 Å². The van der Waals surface area contributed by atoms with E-state index in [1.54, 1.807) is 0 Å². The van der Waals surface area contributed by atoms with Crippen LogP contribution in [0.5, 0.6) is 0 Å². The Balaban J connectivity index is 2.57. The number of hydrogen-bond acceptors (Lipinski definition) is 3. The summed E-state index contributed by atoms with van der Waals surface area (Å²) in [5, 5.41) is 12.4. The molecule has 92 valence electrons. The summed E-state index contributed by atoms with van der Waals surface area (Å²) in [5.74, 6) is -1.57. The molecule has 2 N–H and O–H groups in total. The van der Waals surface area contributed by atoms with E-state index in [0.29, 0.717) is 0 Å². The zero-order valence-corrected chi connectivity index (χ0v) is 8.94. The summed E-state index contributed by atoms with van der Waals surface area (Å²) in [6.45, 7) is -0.491. The van der Waals surface area contributed by atoms with E-state index < -0.39 is 23.9 Å². The highest BCUT2D eigenvalue weighted by Crippen LogP contribution is 2.19. The van der Waals surface area contributed by atoms with Gasteiger partial charge in [-0.05, 0) is 6.07 Å². The van der Waals surface area contributed by atoms with Gasteiger partial charge >= 0.3 is 0 Å². The maximum atomic E-state index is 13.9. The molecule has 0 radical (unpaired) electrons. The number of rotatable bonds is 1. The third-order valence-corrected chi connectivity index (χ3v) is 2.75. The zero-order valence-electron chi connectivity index (χ0n) is 8.94. The van der Waals surface area contributed by atoms with Crippen LogP contribution in [0.25, 0.3) is 16.6 Å². The Kier molecular flexibility index (Phi) is 2.17. The molecule has 0 aliphatic rings. The highest BCUT2D eigenvalue weighted by atomic mass is 19.1. The maximum Gasteiger partial charge on any atom is 0.274 e. The number of nitrogens with zero attached hydrogens (tertiary/aromatic N) is 2. The van der Waals surface area contributed by atoms with Crippen LogP contribution in [-0.2, 0) is 6.61 Å². The molecule has 3 aromatic rings. The molecular weight excluding hydrogens is 244 g/mol. The van der Waals surface area contributed by atoms with Crippen molar-refractivity contribution in [3.05, 3.63) is 45.9 Å². The van der Waals surface area contributed by atoms with Gasteiger partial charge in [0.1, 0.15) is 11.0 Å². The monoisotopic (exact) mass is 251 g/mol. The first-order valence-electron chi connectivity index (χ1n) is 5.11. The van der Waals surface area contributed by atoms with E-state index in [4.69, 9.17) is 5.11 Å². The van der Waals surface area contributed by atoms with Crippen LogP contribution in [-0.4, -0.2) is 19.7 Å². The van der Waals surface area contributed by atoms with Crippen LogP contribution in [0.1, 0.15) is 5.56 Å². The van der Waals surface area contributed by atoms with Gasteiger partial charge in [0, 0.05) is 11.6 Å². The molecule has 7 heteroatoms. The smallest absolute Gasteiger partial charge is 0.274 e. The van der Waals surface area contributed by atoms with Gasteiger partial charge in [-0.25, -0.2) is 8.91 Å². The molecule has 0 aliphatic heterocycles. The lowest BCUT2D eigenvalue weighted by Gasteiger charge is -2.05. The predicted molar refractivity (Wildman–Crippen MR) is 59.2 cm³/mol. The summed E-state index contributed by atoms with van der Waals surface area (Å²) in [4.78, 5) is 14.0. The van der Waals surface area contributed by atoms with Gasteiger partial charge in [-0.15, -0.1) is 5.10 Å². The second-order valence-corrected chi connectivity index (χ2v) is 3.81. The van der Waals surface area contributed by atoms with Gasteiger partial charge in [0.25, 0.3) is 5.56 Å². The van der Waals surface area contributed by atoms with E-state index in [2.05, 4.69) is 10.1 Å². The average molecular weight is 251 g/mol. The van der Waals surface area contributed by atoms with E-state index in [-0.39, 0.29) is 22.1 Å². The molecule has 3 rings (SSSR count). The molecule has 0 saturated carbocycles. The average Bonchev–Trinajstić information content (AvgIpc) is 2.73. The van der Waals surface area contributed by atoms with Gasteiger partial charge in [-0.1, -0.05) is 6.07 Å². The fourth-order valence-electron chi connectivity index (χ4n) is 1.90. The van der Waals surface area contributed by atoms with Crippen molar-refractivity contribution in [2.75, 3.05) is 0 Å². The molecule has 0 bridgehead atoms. The number of halogens is 2. The van der Waals surface area contributed by atoms with E-state index in [0.717, 1.165) is 10.6 Å². The van der Waals surface area contributed by atoms with Crippen LogP contribution >= 0.6 is 0 Å². The largest absolute Gasteiger partial charge is 0.392 e. The van der Waals surface area contributed by atoms with Gasteiger partial charge in [0.05, 0.1) is 12.1 Å². The Morgan fingerprint density at radius 3 is 2.83 bits per heavy atom. The third-order valence-electron chi connectivity index (χ3n) is 2.75. The van der Waals surface area contributed by atoms with E-state index in [1.807, 2.05) is 0 Å². The Bertz CT molecular complexity index is 822. The van der Waals surface area contributed by atoms with Crippen molar-refractivity contribution in [1.29, 1.82) is 0 Å². The van der Waals surface area contributed by atoms with Crippen LogP contribution in [0.2, 0.25) is 0 Å². The SMILES string of the molecule is O=c1[nH]c2c(F)c(CO)ccc2n2nc(F)cc12. The molecule has 1 aromatic carbocycles. The minimum atomic E-state index is -0.820. The minimum absolute atomic E-state index is 0.00357. The van der Waals surface area contributed by atoms with E-state index >= 15 is 0 Å². The molecule has 2 heterocycles. The molecule has 0 atom stereocenters. The van der Waals surface area contributed by atoms with E-state index in [1.165, 1.54) is 12.1 Å². The second kappa shape index (κ2) is 3.61. The van der Waals surface area contributed by atoms with Crippen molar-refractivity contribution < 1.29 is 13.9 Å². The van der Waals surface area contributed by atoms with Crippen molar-refractivity contribution in [3.63, 3.8) is 0 Å². The van der Waals surface area contributed by atoms with E-state index in [9.17, 15) is 13.6 Å². The van der Waals surface area contributed by atoms with Crippen molar-refractivity contribution >= 4 is 16.6 Å². The summed E-state index contributed by atoms with van der Waals surface area (Å²) >= 11 is 0. The molecule has 0 saturated heterocycles. The number of aromatic nitrogens is 3. The van der Waals surface area contributed by atoms with Crippen LogP contribution in [0.3, 0.4) is 0 Å². The molecule has 0 spiro atoms. The molecule has 18 heavy (non-hydrogen) atoms. The third kappa shape index (κ3) is 1.34. The summed E-state index contributed by atoms with van der Waals surface area (Å²) in [6.07, 6.45) is 0. The van der Waals surface area contributed by atoms with Crippen LogP contribution in [0.4, 0.5) is 8.78 Å². The Hall–Kier alpha value is -2.28. The van der Waals surface area contributed by atoms with Gasteiger partial charge in [-0.2, -0.15) is 4.39 Å². The maximum absolute atomic E-state index is 13.9. The number of hydrogen-bond donors (Lipinski definition) is 2. The number of nitrogens with one attached hydrogen (secondary N) is 1. The van der Waals surface area contributed by atoms with Crippen molar-refractivity contribution in [2.24, 2.45) is 0 Å². The van der Waals surface area contributed by atoms with Gasteiger partial charge < -0.3 is 10.1 Å². The molecule has 0 amide bonds. The van der Waals surface area contributed by atoms with Crippen LogP contribution in [0.15, 0.2) is 23.0 Å². The molecule has 2 aromatic heterocycles. The van der Waals surface area contributed by atoms with Crippen molar-refractivity contribution in [2.45, 2.75) is 6.61 Å². The highest BCUT2D eigenvalue weighted by molar-refractivity contribution is 5.79. The summed E-state index contributed by atoms with van der Waals surface area (Å²) in [5.41, 5.74) is -0.487. The fraction of sp³-hybridized carbons (Fsp3) is 0.0909. The predicted octanol–water partition coefficient (Wildman–Crippen LogP) is 0.946. The van der Waals surface area contributed by atoms with Gasteiger partial charge in [0.2, 0.25) is 5.95 Å².